The van der Waals surface area contributed by atoms with Crippen LogP contribution in [0.3, 0.4) is 0 Å². The zero-order valence-corrected chi connectivity index (χ0v) is 14.3. The van der Waals surface area contributed by atoms with Gasteiger partial charge in [0.15, 0.2) is 5.11 Å². The Morgan fingerprint density at radius 3 is 2.50 bits per heavy atom. The van der Waals surface area contributed by atoms with Gasteiger partial charge in [0.1, 0.15) is 5.75 Å². The van der Waals surface area contributed by atoms with Crippen molar-refractivity contribution in [2.75, 3.05) is 58.7 Å². The van der Waals surface area contributed by atoms with Crippen LogP contribution in [0.1, 0.15) is 6.42 Å². The molecule has 1 saturated heterocycles. The minimum atomic E-state index is 0.670. The Kier molecular flexibility index (Phi) is 6.89. The molecule has 0 aliphatic carbocycles. The van der Waals surface area contributed by atoms with Gasteiger partial charge in [-0.2, -0.15) is 0 Å². The van der Waals surface area contributed by atoms with E-state index in [9.17, 15) is 0 Å². The lowest BCUT2D eigenvalue weighted by Gasteiger charge is -2.32. The normalized spacial score (nSPS) is 16.3. The van der Waals surface area contributed by atoms with E-state index in [1.807, 2.05) is 24.3 Å². The number of ether oxygens (including phenoxy) is 1. The molecule has 5 nitrogen and oxygen atoms in total. The van der Waals surface area contributed by atoms with Gasteiger partial charge in [-0.15, -0.1) is 0 Å². The van der Waals surface area contributed by atoms with Gasteiger partial charge in [0, 0.05) is 38.4 Å². The average molecular weight is 322 g/mol. The number of rotatable bonds is 6. The minimum Gasteiger partial charge on any atom is -0.497 e. The molecule has 0 aromatic heterocycles. The average Bonchev–Trinajstić information content (AvgIpc) is 2.54. The Labute approximate surface area is 138 Å². The number of benzene rings is 1. The van der Waals surface area contributed by atoms with Crippen LogP contribution in [-0.2, 0) is 0 Å². The van der Waals surface area contributed by atoms with E-state index in [-0.39, 0.29) is 0 Å². The van der Waals surface area contributed by atoms with E-state index in [2.05, 4.69) is 27.5 Å². The fourth-order valence-corrected chi connectivity index (χ4v) is 2.65. The van der Waals surface area contributed by atoms with Gasteiger partial charge >= 0.3 is 0 Å². The van der Waals surface area contributed by atoms with Gasteiger partial charge in [-0.25, -0.2) is 0 Å². The summed E-state index contributed by atoms with van der Waals surface area (Å²) in [5.74, 6) is 0.844. The van der Waals surface area contributed by atoms with Crippen molar-refractivity contribution in [3.63, 3.8) is 0 Å². The Hall–Kier alpha value is -1.37. The van der Waals surface area contributed by atoms with E-state index in [0.717, 1.165) is 30.9 Å². The van der Waals surface area contributed by atoms with Crippen LogP contribution in [0.15, 0.2) is 24.3 Å². The fraction of sp³-hybridized carbons (Fsp3) is 0.562. The van der Waals surface area contributed by atoms with Crippen LogP contribution in [0.5, 0.6) is 5.75 Å². The smallest absolute Gasteiger partial charge is 0.170 e. The van der Waals surface area contributed by atoms with E-state index < -0.39 is 0 Å². The molecular weight excluding hydrogens is 296 g/mol. The van der Waals surface area contributed by atoms with Gasteiger partial charge in [-0.3, -0.25) is 0 Å². The number of methoxy groups -OCH3 is 1. The van der Waals surface area contributed by atoms with Crippen molar-refractivity contribution in [2.45, 2.75) is 6.42 Å². The SMILES string of the molecule is COc1ccc(NC(=S)NCCCN2CCN(C)CC2)cc1. The van der Waals surface area contributed by atoms with Gasteiger partial charge in [-0.05, 0) is 56.5 Å². The maximum Gasteiger partial charge on any atom is 0.170 e. The van der Waals surface area contributed by atoms with Gasteiger partial charge in [-0.1, -0.05) is 0 Å². The molecule has 0 radical (unpaired) electrons. The van der Waals surface area contributed by atoms with Gasteiger partial charge in [0.2, 0.25) is 0 Å². The van der Waals surface area contributed by atoms with E-state index in [1.54, 1.807) is 7.11 Å². The number of hydrogen-bond donors (Lipinski definition) is 2. The van der Waals surface area contributed by atoms with Crippen LogP contribution in [0.4, 0.5) is 5.69 Å². The molecule has 6 heteroatoms. The molecule has 0 spiro atoms. The van der Waals surface area contributed by atoms with Gasteiger partial charge < -0.3 is 25.2 Å². The van der Waals surface area contributed by atoms with Crippen molar-refractivity contribution in [3.05, 3.63) is 24.3 Å². The zero-order chi connectivity index (χ0) is 15.8. The molecule has 0 bridgehead atoms. The predicted octanol–water partition coefficient (Wildman–Crippen LogP) is 1.62. The summed E-state index contributed by atoms with van der Waals surface area (Å²) in [7, 11) is 3.84. The first-order valence-corrected chi connectivity index (χ1v) is 8.18. The fourth-order valence-electron chi connectivity index (χ4n) is 2.43. The van der Waals surface area contributed by atoms with Crippen molar-refractivity contribution >= 4 is 23.0 Å². The van der Waals surface area contributed by atoms with Crippen molar-refractivity contribution in [2.24, 2.45) is 0 Å². The lowest BCUT2D eigenvalue weighted by molar-refractivity contribution is 0.153. The second-order valence-electron chi connectivity index (χ2n) is 5.61. The second-order valence-corrected chi connectivity index (χ2v) is 6.02. The van der Waals surface area contributed by atoms with Crippen molar-refractivity contribution in [1.29, 1.82) is 0 Å². The largest absolute Gasteiger partial charge is 0.497 e. The highest BCUT2D eigenvalue weighted by molar-refractivity contribution is 7.80. The summed E-state index contributed by atoms with van der Waals surface area (Å²) in [5, 5.41) is 7.11. The Morgan fingerprint density at radius 2 is 1.86 bits per heavy atom. The molecule has 0 atom stereocenters. The Morgan fingerprint density at radius 1 is 1.18 bits per heavy atom. The molecule has 1 heterocycles. The summed E-state index contributed by atoms with van der Waals surface area (Å²) < 4.78 is 5.13. The summed E-state index contributed by atoms with van der Waals surface area (Å²) >= 11 is 5.31. The molecule has 122 valence electrons. The van der Waals surface area contributed by atoms with E-state index in [0.29, 0.717) is 5.11 Å². The summed E-state index contributed by atoms with van der Waals surface area (Å²) in [6, 6.07) is 7.74. The topological polar surface area (TPSA) is 39.8 Å². The van der Waals surface area contributed by atoms with Crippen LogP contribution in [0.25, 0.3) is 0 Å². The first-order chi connectivity index (χ1) is 10.7. The minimum absolute atomic E-state index is 0.670. The summed E-state index contributed by atoms with van der Waals surface area (Å²) in [5.41, 5.74) is 0.970. The van der Waals surface area contributed by atoms with Crippen LogP contribution in [0, 0.1) is 0 Å². The lowest BCUT2D eigenvalue weighted by Crippen LogP contribution is -2.45. The van der Waals surface area contributed by atoms with Crippen molar-refractivity contribution < 1.29 is 4.74 Å². The number of anilines is 1. The second kappa shape index (κ2) is 8.92. The van der Waals surface area contributed by atoms with Crippen LogP contribution < -0.4 is 15.4 Å². The Bertz CT molecular complexity index is 458. The molecule has 22 heavy (non-hydrogen) atoms. The van der Waals surface area contributed by atoms with E-state index in [1.165, 1.54) is 26.2 Å². The third-order valence-corrected chi connectivity index (χ3v) is 4.13. The van der Waals surface area contributed by atoms with Crippen molar-refractivity contribution in [3.8, 4) is 5.75 Å². The number of thiocarbonyl (C=S) groups is 1. The third-order valence-electron chi connectivity index (χ3n) is 3.88. The van der Waals surface area contributed by atoms with E-state index >= 15 is 0 Å². The molecule has 2 N–H and O–H groups in total. The summed E-state index contributed by atoms with van der Waals surface area (Å²) in [6.07, 6.45) is 1.11. The lowest BCUT2D eigenvalue weighted by atomic mass is 10.3. The maximum atomic E-state index is 5.31. The molecule has 1 fully saturated rings. The van der Waals surface area contributed by atoms with Crippen molar-refractivity contribution in [1.82, 2.24) is 15.1 Å². The maximum absolute atomic E-state index is 5.31. The molecule has 1 aromatic rings. The number of nitrogens with one attached hydrogen (secondary N) is 2. The third kappa shape index (κ3) is 5.79. The standard InChI is InChI=1S/C16H26N4OS/c1-19-10-12-20(13-11-19)9-3-8-17-16(22)18-14-4-6-15(21-2)7-5-14/h4-7H,3,8-13H2,1-2H3,(H2,17,18,22). The quantitative estimate of drug-likeness (QED) is 0.613. The molecule has 1 aliphatic rings. The molecule has 2 rings (SSSR count). The van der Waals surface area contributed by atoms with Crippen LogP contribution >= 0.6 is 12.2 Å². The molecule has 0 amide bonds. The van der Waals surface area contributed by atoms with Gasteiger partial charge in [0.25, 0.3) is 0 Å². The molecule has 0 saturated carbocycles. The predicted molar refractivity (Wildman–Crippen MR) is 95.8 cm³/mol. The van der Waals surface area contributed by atoms with Crippen LogP contribution in [-0.4, -0.2) is 68.3 Å². The van der Waals surface area contributed by atoms with Gasteiger partial charge in [0.05, 0.1) is 7.11 Å². The molecular formula is C16H26N4OS. The number of hydrogen-bond acceptors (Lipinski definition) is 4. The van der Waals surface area contributed by atoms with E-state index in [4.69, 9.17) is 17.0 Å². The molecule has 1 aromatic carbocycles. The monoisotopic (exact) mass is 322 g/mol. The summed E-state index contributed by atoms with van der Waals surface area (Å²) in [4.78, 5) is 4.89. The first kappa shape index (κ1) is 17.0. The highest BCUT2D eigenvalue weighted by atomic mass is 32.1. The zero-order valence-electron chi connectivity index (χ0n) is 13.5. The highest BCUT2D eigenvalue weighted by Gasteiger charge is 2.12. The summed E-state index contributed by atoms with van der Waals surface area (Å²) in [6.45, 7) is 6.71. The Balaban J connectivity index is 1.59. The number of piperazine rings is 1. The number of nitrogens with zero attached hydrogens (tertiary/aromatic N) is 2. The molecule has 1 aliphatic heterocycles. The van der Waals surface area contributed by atoms with Crippen LogP contribution in [0.2, 0.25) is 0 Å². The highest BCUT2D eigenvalue weighted by Crippen LogP contribution is 2.14. The number of likely N-dealkylation sites (N-methyl/N-ethyl adjacent to an activating group) is 1. The first-order valence-electron chi connectivity index (χ1n) is 7.77. The molecule has 0 unspecified atom stereocenters.